The molecule has 25 heavy (non-hydrogen) atoms. The van der Waals surface area contributed by atoms with E-state index in [1.54, 1.807) is 4.90 Å². The van der Waals surface area contributed by atoms with Crippen molar-refractivity contribution in [1.29, 1.82) is 0 Å². The lowest BCUT2D eigenvalue weighted by atomic mass is 9.85. The number of hydrogen-bond acceptors (Lipinski definition) is 6. The molecule has 1 atom stereocenters. The summed E-state index contributed by atoms with van der Waals surface area (Å²) in [5, 5.41) is 10.5. The molecule has 3 rings (SSSR count). The molecule has 0 aromatic carbocycles. The molecule has 2 amide bonds. The molecule has 2 heterocycles. The molecule has 0 bridgehead atoms. The summed E-state index contributed by atoms with van der Waals surface area (Å²) in [7, 11) is 1.33. The number of likely N-dealkylation sites (tertiary alicyclic amines) is 1. The van der Waals surface area contributed by atoms with Gasteiger partial charge in [0.25, 0.3) is 0 Å². The number of anilines is 1. The number of esters is 1. The third kappa shape index (κ3) is 3.97. The fourth-order valence-corrected chi connectivity index (χ4v) is 3.17. The van der Waals surface area contributed by atoms with E-state index in [0.717, 1.165) is 32.1 Å². The highest BCUT2D eigenvalue weighted by molar-refractivity contribution is 5.92. The number of nitrogens with one attached hydrogen (secondary N) is 1. The van der Waals surface area contributed by atoms with Crippen LogP contribution in [0.25, 0.3) is 0 Å². The number of ether oxygens (including phenoxy) is 1. The van der Waals surface area contributed by atoms with Crippen molar-refractivity contribution in [2.45, 2.75) is 51.1 Å². The third-order valence-corrected chi connectivity index (χ3v) is 4.86. The van der Waals surface area contributed by atoms with E-state index in [2.05, 4.69) is 15.6 Å². The standard InChI is InChI=1S/C16H23N5O4/c1-25-16(24)12-7-2-3-8-21(12)14(22)10-20-9-13(18-19-20)17-15(23)11-5-4-6-11/h9,11-12H,2-8,10H2,1H3,(H,17,23). The van der Waals surface area contributed by atoms with Crippen molar-refractivity contribution in [3.8, 4) is 0 Å². The first kappa shape index (κ1) is 17.4. The minimum absolute atomic E-state index is 0.0280. The summed E-state index contributed by atoms with van der Waals surface area (Å²) >= 11 is 0. The summed E-state index contributed by atoms with van der Waals surface area (Å²) < 4.78 is 6.17. The first-order valence-electron chi connectivity index (χ1n) is 8.67. The van der Waals surface area contributed by atoms with E-state index in [0.29, 0.717) is 18.8 Å². The predicted octanol–water partition coefficient (Wildman–Crippen LogP) is 0.571. The topological polar surface area (TPSA) is 106 Å². The van der Waals surface area contributed by atoms with Gasteiger partial charge in [-0.25, -0.2) is 9.48 Å². The molecule has 1 saturated carbocycles. The van der Waals surface area contributed by atoms with Gasteiger partial charge < -0.3 is 15.0 Å². The SMILES string of the molecule is COC(=O)C1CCCCN1C(=O)Cn1cc(NC(=O)C2CCC2)nn1. The van der Waals surface area contributed by atoms with Crippen LogP contribution >= 0.6 is 0 Å². The monoisotopic (exact) mass is 349 g/mol. The molecule has 9 nitrogen and oxygen atoms in total. The van der Waals surface area contributed by atoms with E-state index >= 15 is 0 Å². The van der Waals surface area contributed by atoms with Crippen LogP contribution in [0.3, 0.4) is 0 Å². The molecular formula is C16H23N5O4. The Balaban J connectivity index is 1.58. The number of piperidine rings is 1. The maximum Gasteiger partial charge on any atom is 0.328 e. The number of carbonyl (C=O) groups is 3. The van der Waals surface area contributed by atoms with Crippen LogP contribution < -0.4 is 5.32 Å². The highest BCUT2D eigenvalue weighted by Crippen LogP contribution is 2.27. The largest absolute Gasteiger partial charge is 0.467 e. The van der Waals surface area contributed by atoms with Gasteiger partial charge in [-0.15, -0.1) is 5.10 Å². The Hall–Kier alpha value is -2.45. The second-order valence-corrected chi connectivity index (χ2v) is 6.54. The van der Waals surface area contributed by atoms with Gasteiger partial charge in [0.1, 0.15) is 12.6 Å². The molecular weight excluding hydrogens is 326 g/mol. The van der Waals surface area contributed by atoms with Gasteiger partial charge in [0.05, 0.1) is 13.3 Å². The fraction of sp³-hybridized carbons (Fsp3) is 0.688. The van der Waals surface area contributed by atoms with Crippen molar-refractivity contribution >= 4 is 23.6 Å². The maximum absolute atomic E-state index is 12.5. The van der Waals surface area contributed by atoms with E-state index in [-0.39, 0.29) is 30.2 Å². The van der Waals surface area contributed by atoms with Crippen LogP contribution in [-0.2, 0) is 25.7 Å². The quantitative estimate of drug-likeness (QED) is 0.779. The van der Waals surface area contributed by atoms with Crippen molar-refractivity contribution in [3.63, 3.8) is 0 Å². The molecule has 1 unspecified atom stereocenters. The van der Waals surface area contributed by atoms with Crippen LogP contribution in [0.4, 0.5) is 5.82 Å². The first-order valence-corrected chi connectivity index (χ1v) is 8.67. The average Bonchev–Trinajstić information content (AvgIpc) is 2.99. The summed E-state index contributed by atoms with van der Waals surface area (Å²) in [4.78, 5) is 37.8. The van der Waals surface area contributed by atoms with E-state index < -0.39 is 6.04 Å². The predicted molar refractivity (Wildman–Crippen MR) is 87.4 cm³/mol. The van der Waals surface area contributed by atoms with Crippen molar-refractivity contribution in [1.82, 2.24) is 19.9 Å². The first-order chi connectivity index (χ1) is 12.1. The fourth-order valence-electron chi connectivity index (χ4n) is 3.17. The van der Waals surface area contributed by atoms with Crippen LogP contribution in [-0.4, -0.2) is 57.4 Å². The molecule has 1 aliphatic heterocycles. The minimum atomic E-state index is -0.535. The molecule has 1 N–H and O–H groups in total. The second kappa shape index (κ2) is 7.62. The zero-order valence-corrected chi connectivity index (χ0v) is 14.3. The highest BCUT2D eigenvalue weighted by atomic mass is 16.5. The van der Waals surface area contributed by atoms with Crippen molar-refractivity contribution in [2.75, 3.05) is 19.0 Å². The van der Waals surface area contributed by atoms with Crippen LogP contribution in [0.2, 0.25) is 0 Å². The van der Waals surface area contributed by atoms with Crippen LogP contribution in [0.15, 0.2) is 6.20 Å². The molecule has 1 aliphatic carbocycles. The summed E-state index contributed by atoms with van der Waals surface area (Å²) in [6.45, 7) is 0.498. The van der Waals surface area contributed by atoms with Gasteiger partial charge in [-0.05, 0) is 32.1 Å². The minimum Gasteiger partial charge on any atom is -0.467 e. The molecule has 0 spiro atoms. The highest BCUT2D eigenvalue weighted by Gasteiger charge is 2.33. The zero-order valence-electron chi connectivity index (χ0n) is 14.3. The zero-order chi connectivity index (χ0) is 17.8. The Kier molecular flexibility index (Phi) is 5.30. The third-order valence-electron chi connectivity index (χ3n) is 4.86. The lowest BCUT2D eigenvalue weighted by Crippen LogP contribution is -2.49. The van der Waals surface area contributed by atoms with Crippen molar-refractivity contribution in [2.24, 2.45) is 5.92 Å². The number of amides is 2. The molecule has 1 aromatic heterocycles. The molecule has 0 radical (unpaired) electrons. The van der Waals surface area contributed by atoms with Gasteiger partial charge in [-0.2, -0.15) is 0 Å². The Morgan fingerprint density at radius 2 is 2.04 bits per heavy atom. The van der Waals surface area contributed by atoms with E-state index in [9.17, 15) is 14.4 Å². The Bertz CT molecular complexity index is 655. The second-order valence-electron chi connectivity index (χ2n) is 6.54. The number of hydrogen-bond donors (Lipinski definition) is 1. The van der Waals surface area contributed by atoms with Crippen LogP contribution in [0.5, 0.6) is 0 Å². The summed E-state index contributed by atoms with van der Waals surface area (Å²) in [6.07, 6.45) is 6.79. The average molecular weight is 349 g/mol. The number of nitrogens with zero attached hydrogens (tertiary/aromatic N) is 4. The van der Waals surface area contributed by atoms with Gasteiger partial charge in [0, 0.05) is 12.5 Å². The van der Waals surface area contributed by atoms with E-state index in [1.165, 1.54) is 18.0 Å². The summed E-state index contributed by atoms with van der Waals surface area (Å²) in [5.74, 6) is -0.253. The molecule has 9 heteroatoms. The molecule has 136 valence electrons. The Morgan fingerprint density at radius 1 is 1.24 bits per heavy atom. The van der Waals surface area contributed by atoms with Crippen LogP contribution in [0.1, 0.15) is 38.5 Å². The van der Waals surface area contributed by atoms with Crippen molar-refractivity contribution < 1.29 is 19.1 Å². The van der Waals surface area contributed by atoms with Crippen LogP contribution in [0, 0.1) is 5.92 Å². The van der Waals surface area contributed by atoms with E-state index in [4.69, 9.17) is 4.74 Å². The lowest BCUT2D eigenvalue weighted by molar-refractivity contribution is -0.155. The van der Waals surface area contributed by atoms with Gasteiger partial charge in [-0.3, -0.25) is 9.59 Å². The molecule has 2 fully saturated rings. The molecule has 1 aromatic rings. The van der Waals surface area contributed by atoms with Gasteiger partial charge in [-0.1, -0.05) is 11.6 Å². The lowest BCUT2D eigenvalue weighted by Gasteiger charge is -2.33. The van der Waals surface area contributed by atoms with Gasteiger partial charge in [0.15, 0.2) is 5.82 Å². The summed E-state index contributed by atoms with van der Waals surface area (Å²) in [6, 6.07) is -0.535. The Morgan fingerprint density at radius 3 is 2.72 bits per heavy atom. The van der Waals surface area contributed by atoms with Crippen molar-refractivity contribution in [3.05, 3.63) is 6.20 Å². The maximum atomic E-state index is 12.5. The number of methoxy groups -OCH3 is 1. The molecule has 1 saturated heterocycles. The normalized spacial score (nSPS) is 20.7. The van der Waals surface area contributed by atoms with Gasteiger partial charge in [0.2, 0.25) is 11.8 Å². The number of aromatic nitrogens is 3. The number of carbonyl (C=O) groups excluding carboxylic acids is 3. The van der Waals surface area contributed by atoms with Gasteiger partial charge >= 0.3 is 5.97 Å². The smallest absolute Gasteiger partial charge is 0.328 e. The molecule has 2 aliphatic rings. The Labute approximate surface area is 145 Å². The summed E-state index contributed by atoms with van der Waals surface area (Å²) in [5.41, 5.74) is 0. The number of rotatable bonds is 5. The van der Waals surface area contributed by atoms with E-state index in [1.807, 2.05) is 0 Å².